The highest BCUT2D eigenvalue weighted by Gasteiger charge is 2.65. The molecule has 5 unspecified atom stereocenters. The topological polar surface area (TPSA) is 65.9 Å². The van der Waals surface area contributed by atoms with Gasteiger partial charge in [-0.05, 0) is 39.0 Å². The summed E-state index contributed by atoms with van der Waals surface area (Å²) in [4.78, 5) is 4.94. The van der Waals surface area contributed by atoms with E-state index in [1.54, 1.807) is 0 Å². The summed E-state index contributed by atoms with van der Waals surface area (Å²) in [6, 6.07) is 0.499. The number of nitrogens with one attached hydrogen (secondary N) is 2. The van der Waals surface area contributed by atoms with Crippen molar-refractivity contribution in [2.45, 2.75) is 89.9 Å². The van der Waals surface area contributed by atoms with Gasteiger partial charge in [0.1, 0.15) is 0 Å². The minimum Gasteiger partial charge on any atom is -0.392 e. The second kappa shape index (κ2) is 7.31. The normalized spacial score (nSPS) is 41.7. The average molecular weight is 364 g/mol. The van der Waals surface area contributed by atoms with E-state index in [-0.39, 0.29) is 11.5 Å². The molecule has 4 aliphatic rings. The van der Waals surface area contributed by atoms with Crippen LogP contribution in [0.3, 0.4) is 0 Å². The molecule has 148 valence electrons. The number of aliphatic hydroxyl groups excluding tert-OH is 1. The Morgan fingerprint density at radius 1 is 1.15 bits per heavy atom. The Hall–Kier alpha value is -0.810. The molecule has 5 nitrogen and oxygen atoms in total. The standard InChI is InChI=1S/C21H37N3O2/c1-3-22-19(23-14-20(2)10-5-4-8-16(20)25)24-17-15-9-13-26-18(15)21(17)11-6-7-12-21/h15-18,25H,3-14H2,1-2H3,(H2,22,23,24). The molecule has 5 heteroatoms. The van der Waals surface area contributed by atoms with Crippen molar-refractivity contribution in [2.75, 3.05) is 19.7 Å². The predicted octanol–water partition coefficient (Wildman–Crippen LogP) is 2.83. The third kappa shape index (κ3) is 3.05. The van der Waals surface area contributed by atoms with E-state index in [0.717, 1.165) is 38.4 Å². The molecule has 1 spiro atoms. The van der Waals surface area contributed by atoms with Crippen molar-refractivity contribution in [1.29, 1.82) is 0 Å². The van der Waals surface area contributed by atoms with Gasteiger partial charge in [-0.3, -0.25) is 4.99 Å². The van der Waals surface area contributed by atoms with Crippen LogP contribution in [0.2, 0.25) is 0 Å². The van der Waals surface area contributed by atoms with Gasteiger partial charge in [-0.2, -0.15) is 0 Å². The predicted molar refractivity (Wildman–Crippen MR) is 104 cm³/mol. The highest BCUT2D eigenvalue weighted by molar-refractivity contribution is 5.80. The summed E-state index contributed by atoms with van der Waals surface area (Å²) < 4.78 is 6.11. The lowest BCUT2D eigenvalue weighted by molar-refractivity contribution is -0.125. The third-order valence-electron chi connectivity index (χ3n) is 7.80. The van der Waals surface area contributed by atoms with E-state index in [4.69, 9.17) is 9.73 Å². The number of aliphatic imine (C=N–C) groups is 1. The van der Waals surface area contributed by atoms with Gasteiger partial charge in [0, 0.05) is 35.9 Å². The Balaban J connectivity index is 1.46. The molecule has 0 aromatic rings. The van der Waals surface area contributed by atoms with Crippen LogP contribution in [0.4, 0.5) is 0 Å². The zero-order valence-corrected chi connectivity index (χ0v) is 16.6. The summed E-state index contributed by atoms with van der Waals surface area (Å²) in [5.74, 6) is 1.58. The van der Waals surface area contributed by atoms with Crippen LogP contribution in [-0.2, 0) is 4.74 Å². The van der Waals surface area contributed by atoms with Gasteiger partial charge in [-0.15, -0.1) is 0 Å². The molecule has 26 heavy (non-hydrogen) atoms. The Kier molecular flexibility index (Phi) is 5.21. The van der Waals surface area contributed by atoms with Crippen LogP contribution in [0.15, 0.2) is 4.99 Å². The maximum absolute atomic E-state index is 10.5. The van der Waals surface area contributed by atoms with Gasteiger partial charge in [-0.25, -0.2) is 0 Å². The number of rotatable bonds is 4. The van der Waals surface area contributed by atoms with E-state index in [9.17, 15) is 5.11 Å². The van der Waals surface area contributed by atoms with E-state index < -0.39 is 0 Å². The number of guanidine groups is 1. The van der Waals surface area contributed by atoms with Gasteiger partial charge in [0.15, 0.2) is 5.96 Å². The molecule has 3 aliphatic carbocycles. The monoisotopic (exact) mass is 363 g/mol. The molecular weight excluding hydrogens is 326 g/mol. The van der Waals surface area contributed by atoms with Crippen LogP contribution in [0.5, 0.6) is 0 Å². The highest BCUT2D eigenvalue weighted by Crippen LogP contribution is 2.60. The Labute approximate surface area is 158 Å². The first kappa shape index (κ1) is 18.5. The van der Waals surface area contributed by atoms with Crippen LogP contribution in [-0.4, -0.2) is 49.0 Å². The molecule has 5 atom stereocenters. The van der Waals surface area contributed by atoms with E-state index >= 15 is 0 Å². The van der Waals surface area contributed by atoms with Crippen LogP contribution in [0.1, 0.15) is 71.6 Å². The van der Waals surface area contributed by atoms with E-state index in [0.29, 0.717) is 30.0 Å². The molecule has 0 aromatic carbocycles. The van der Waals surface area contributed by atoms with Crippen molar-refractivity contribution in [3.63, 3.8) is 0 Å². The quantitative estimate of drug-likeness (QED) is 0.531. The molecule has 4 rings (SSSR count). The SMILES string of the molecule is CCNC(=NCC1(C)CCCCC1O)NC1C2CCOC2C12CCCC2. The molecule has 1 saturated heterocycles. The first-order valence-electron chi connectivity index (χ1n) is 10.9. The maximum Gasteiger partial charge on any atom is 0.191 e. The number of nitrogens with zero attached hydrogens (tertiary/aromatic N) is 1. The van der Waals surface area contributed by atoms with Gasteiger partial charge in [0.05, 0.1) is 18.8 Å². The number of hydrogen-bond acceptors (Lipinski definition) is 3. The fraction of sp³-hybridized carbons (Fsp3) is 0.952. The Bertz CT molecular complexity index is 531. The molecular formula is C21H37N3O2. The molecule has 1 aliphatic heterocycles. The lowest BCUT2D eigenvalue weighted by Gasteiger charge is -2.57. The first-order chi connectivity index (χ1) is 12.6. The fourth-order valence-electron chi connectivity index (χ4n) is 6.20. The number of fused-ring (bicyclic) bond motifs is 2. The summed E-state index contributed by atoms with van der Waals surface area (Å²) in [6.45, 7) is 6.82. The zero-order valence-electron chi connectivity index (χ0n) is 16.6. The zero-order chi connectivity index (χ0) is 18.2. The molecule has 0 bridgehead atoms. The van der Waals surface area contributed by atoms with Crippen molar-refractivity contribution in [1.82, 2.24) is 10.6 Å². The van der Waals surface area contributed by atoms with Crippen LogP contribution in [0, 0.1) is 16.7 Å². The molecule has 3 saturated carbocycles. The minimum absolute atomic E-state index is 0.0791. The Morgan fingerprint density at radius 2 is 1.92 bits per heavy atom. The smallest absolute Gasteiger partial charge is 0.191 e. The van der Waals surface area contributed by atoms with Crippen LogP contribution < -0.4 is 10.6 Å². The van der Waals surface area contributed by atoms with E-state index in [1.807, 2.05) is 0 Å². The number of ether oxygens (including phenoxy) is 1. The number of hydrogen-bond donors (Lipinski definition) is 3. The van der Waals surface area contributed by atoms with E-state index in [1.165, 1.54) is 38.5 Å². The molecule has 3 N–H and O–H groups in total. The lowest BCUT2D eigenvalue weighted by atomic mass is 9.54. The Morgan fingerprint density at radius 3 is 2.65 bits per heavy atom. The lowest BCUT2D eigenvalue weighted by Crippen LogP contribution is -2.69. The van der Waals surface area contributed by atoms with Crippen molar-refractivity contribution in [2.24, 2.45) is 21.7 Å². The first-order valence-corrected chi connectivity index (χ1v) is 10.9. The molecule has 1 heterocycles. The molecule has 0 radical (unpaired) electrons. The van der Waals surface area contributed by atoms with Gasteiger partial charge in [0.25, 0.3) is 0 Å². The largest absolute Gasteiger partial charge is 0.392 e. The average Bonchev–Trinajstić information content (AvgIpc) is 3.29. The van der Waals surface area contributed by atoms with Crippen molar-refractivity contribution >= 4 is 5.96 Å². The second-order valence-electron chi connectivity index (χ2n) is 9.42. The summed E-state index contributed by atoms with van der Waals surface area (Å²) >= 11 is 0. The van der Waals surface area contributed by atoms with Crippen molar-refractivity contribution < 1.29 is 9.84 Å². The van der Waals surface area contributed by atoms with Crippen molar-refractivity contribution in [3.8, 4) is 0 Å². The summed E-state index contributed by atoms with van der Waals surface area (Å²) in [7, 11) is 0. The van der Waals surface area contributed by atoms with Crippen LogP contribution >= 0.6 is 0 Å². The summed E-state index contributed by atoms with van der Waals surface area (Å²) in [6.07, 6.45) is 11.0. The van der Waals surface area contributed by atoms with Crippen LogP contribution in [0.25, 0.3) is 0 Å². The van der Waals surface area contributed by atoms with Gasteiger partial charge in [-0.1, -0.05) is 32.6 Å². The van der Waals surface area contributed by atoms with Gasteiger partial charge >= 0.3 is 0 Å². The van der Waals surface area contributed by atoms with E-state index in [2.05, 4.69) is 24.5 Å². The molecule has 0 amide bonds. The molecule has 4 fully saturated rings. The third-order valence-corrected chi connectivity index (χ3v) is 7.80. The minimum atomic E-state index is -0.222. The van der Waals surface area contributed by atoms with Gasteiger partial charge in [0.2, 0.25) is 0 Å². The second-order valence-corrected chi connectivity index (χ2v) is 9.42. The molecule has 0 aromatic heterocycles. The van der Waals surface area contributed by atoms with Gasteiger partial charge < -0.3 is 20.5 Å². The maximum atomic E-state index is 10.5. The van der Waals surface area contributed by atoms with Crippen molar-refractivity contribution in [3.05, 3.63) is 0 Å². The summed E-state index contributed by atoms with van der Waals surface area (Å²) in [5.41, 5.74) is 0.260. The summed E-state index contributed by atoms with van der Waals surface area (Å²) in [5, 5.41) is 17.7. The highest BCUT2D eigenvalue weighted by atomic mass is 16.5. The fourth-order valence-corrected chi connectivity index (χ4v) is 6.20. The number of aliphatic hydroxyl groups is 1.